The molecule has 1 unspecified atom stereocenters. The van der Waals surface area contributed by atoms with Crippen LogP contribution in [0.3, 0.4) is 0 Å². The van der Waals surface area contributed by atoms with E-state index < -0.39 is 0 Å². The minimum Gasteiger partial charge on any atom is -0.334 e. The summed E-state index contributed by atoms with van der Waals surface area (Å²) in [4.78, 5) is 4.39. The maximum absolute atomic E-state index is 5.97. The van der Waals surface area contributed by atoms with Gasteiger partial charge in [0.25, 0.3) is 0 Å². The highest BCUT2D eigenvalue weighted by atomic mass is 15.1. The Hall–Kier alpha value is -0.830. The van der Waals surface area contributed by atoms with Gasteiger partial charge in [0.05, 0.1) is 6.33 Å². The van der Waals surface area contributed by atoms with Gasteiger partial charge in [-0.15, -0.1) is 0 Å². The van der Waals surface area contributed by atoms with Crippen molar-refractivity contribution in [2.75, 3.05) is 6.54 Å². The van der Waals surface area contributed by atoms with Crippen LogP contribution in [0, 0.1) is 23.7 Å². The van der Waals surface area contributed by atoms with Crippen molar-refractivity contribution in [2.24, 2.45) is 29.4 Å². The van der Waals surface area contributed by atoms with E-state index >= 15 is 0 Å². The predicted molar refractivity (Wildman–Crippen MR) is 77.8 cm³/mol. The number of hydrogen-bond acceptors (Lipinski definition) is 2. The molecule has 0 radical (unpaired) electrons. The van der Waals surface area contributed by atoms with Crippen molar-refractivity contribution in [3.05, 3.63) is 18.2 Å². The molecule has 2 saturated carbocycles. The first-order chi connectivity index (χ1) is 9.20. The molecule has 3 rings (SSSR count). The third-order valence-corrected chi connectivity index (χ3v) is 5.05. The number of imidazole rings is 1. The molecule has 2 aliphatic carbocycles. The van der Waals surface area contributed by atoms with Gasteiger partial charge in [-0.3, -0.25) is 0 Å². The highest BCUT2D eigenvalue weighted by Crippen LogP contribution is 2.50. The van der Waals surface area contributed by atoms with Crippen molar-refractivity contribution in [1.82, 2.24) is 9.55 Å². The summed E-state index contributed by atoms with van der Waals surface area (Å²) in [5.41, 5.74) is 7.32. The fourth-order valence-corrected chi connectivity index (χ4v) is 3.49. The van der Waals surface area contributed by atoms with Crippen LogP contribution in [-0.4, -0.2) is 16.1 Å². The summed E-state index contributed by atoms with van der Waals surface area (Å²) >= 11 is 0. The Morgan fingerprint density at radius 1 is 1.26 bits per heavy atom. The molecular formula is C16H27N3. The van der Waals surface area contributed by atoms with E-state index in [-0.39, 0.29) is 0 Å². The highest BCUT2D eigenvalue weighted by molar-refractivity contribution is 5.09. The minimum atomic E-state index is 0.446. The largest absolute Gasteiger partial charge is 0.334 e. The molecule has 2 N–H and O–H groups in total. The lowest BCUT2D eigenvalue weighted by Crippen LogP contribution is -2.23. The summed E-state index contributed by atoms with van der Waals surface area (Å²) < 4.78 is 2.40. The van der Waals surface area contributed by atoms with E-state index in [1.165, 1.54) is 37.9 Å². The molecule has 1 heterocycles. The molecular weight excluding hydrogens is 234 g/mol. The summed E-state index contributed by atoms with van der Waals surface area (Å²) in [6, 6.07) is 0. The van der Waals surface area contributed by atoms with E-state index in [1.54, 1.807) is 0 Å². The maximum atomic E-state index is 5.97. The topological polar surface area (TPSA) is 43.8 Å². The minimum absolute atomic E-state index is 0.446. The van der Waals surface area contributed by atoms with Gasteiger partial charge in [-0.05, 0) is 49.4 Å². The van der Waals surface area contributed by atoms with Gasteiger partial charge in [-0.2, -0.15) is 0 Å². The molecule has 0 bridgehead atoms. The number of hydrogen-bond donors (Lipinski definition) is 1. The van der Waals surface area contributed by atoms with Crippen LogP contribution in [0.2, 0.25) is 0 Å². The lowest BCUT2D eigenvalue weighted by atomic mass is 9.92. The third kappa shape index (κ3) is 2.86. The molecule has 1 atom stereocenters. The zero-order valence-electron chi connectivity index (χ0n) is 12.3. The van der Waals surface area contributed by atoms with Gasteiger partial charge >= 0.3 is 0 Å². The highest BCUT2D eigenvalue weighted by Gasteiger charge is 2.41. The summed E-state index contributed by atoms with van der Waals surface area (Å²) in [6.45, 7) is 6.41. The zero-order valence-corrected chi connectivity index (χ0v) is 12.3. The summed E-state index contributed by atoms with van der Waals surface area (Å²) in [6.07, 6.45) is 9.88. The summed E-state index contributed by atoms with van der Waals surface area (Å²) in [5.74, 6) is 3.93. The Labute approximate surface area is 116 Å². The van der Waals surface area contributed by atoms with Crippen LogP contribution in [0.25, 0.3) is 0 Å². The smallest absolute Gasteiger partial charge is 0.0948 e. The van der Waals surface area contributed by atoms with Gasteiger partial charge in [0.15, 0.2) is 0 Å². The maximum Gasteiger partial charge on any atom is 0.0948 e. The van der Waals surface area contributed by atoms with Gasteiger partial charge in [0.2, 0.25) is 0 Å². The van der Waals surface area contributed by atoms with Crippen LogP contribution in [0.15, 0.2) is 12.5 Å². The SMILES string of the molecule is CC(C)C(CN)c1cncn1CC(C1CC1)C1CC1. The molecule has 19 heavy (non-hydrogen) atoms. The first-order valence-electron chi connectivity index (χ1n) is 7.90. The van der Waals surface area contributed by atoms with Crippen LogP contribution < -0.4 is 5.73 Å². The van der Waals surface area contributed by atoms with Crippen molar-refractivity contribution in [2.45, 2.75) is 52.0 Å². The zero-order chi connectivity index (χ0) is 13.4. The predicted octanol–water partition coefficient (Wildman–Crippen LogP) is 3.02. The van der Waals surface area contributed by atoms with Crippen molar-refractivity contribution in [3.63, 3.8) is 0 Å². The molecule has 0 saturated heterocycles. The van der Waals surface area contributed by atoms with E-state index in [9.17, 15) is 0 Å². The lowest BCUT2D eigenvalue weighted by molar-refractivity contribution is 0.336. The van der Waals surface area contributed by atoms with Crippen LogP contribution in [0.1, 0.15) is 51.1 Å². The molecule has 0 aliphatic heterocycles. The molecule has 0 spiro atoms. The standard InChI is InChI=1S/C16H27N3/c1-11(2)14(7-17)16-8-18-10-19(16)9-15(12-3-4-12)13-5-6-13/h8,10-15H,3-7,9,17H2,1-2H3. The average molecular weight is 261 g/mol. The molecule has 1 aromatic rings. The second-order valence-electron chi connectivity index (χ2n) is 6.90. The van der Waals surface area contributed by atoms with E-state index in [1.807, 2.05) is 12.5 Å². The second-order valence-corrected chi connectivity index (χ2v) is 6.90. The first kappa shape index (κ1) is 13.2. The van der Waals surface area contributed by atoms with Gasteiger partial charge in [-0.1, -0.05) is 13.8 Å². The number of nitrogens with two attached hydrogens (primary N) is 1. The van der Waals surface area contributed by atoms with Gasteiger partial charge in [0.1, 0.15) is 0 Å². The van der Waals surface area contributed by atoms with Gasteiger partial charge in [0, 0.05) is 30.9 Å². The normalized spacial score (nSPS) is 21.3. The molecule has 0 amide bonds. The van der Waals surface area contributed by atoms with Gasteiger partial charge in [-0.25, -0.2) is 4.98 Å². The first-order valence-corrected chi connectivity index (χ1v) is 7.90. The van der Waals surface area contributed by atoms with Crippen molar-refractivity contribution in [1.29, 1.82) is 0 Å². The van der Waals surface area contributed by atoms with Crippen molar-refractivity contribution >= 4 is 0 Å². The Bertz CT molecular complexity index is 403. The number of rotatable bonds is 7. The second kappa shape index (κ2) is 5.28. The van der Waals surface area contributed by atoms with Crippen molar-refractivity contribution < 1.29 is 0 Å². The summed E-state index contributed by atoms with van der Waals surface area (Å²) in [5, 5.41) is 0. The van der Waals surface area contributed by atoms with E-state index in [2.05, 4.69) is 23.4 Å². The molecule has 2 aliphatic rings. The monoisotopic (exact) mass is 261 g/mol. The number of nitrogens with zero attached hydrogens (tertiary/aromatic N) is 2. The summed E-state index contributed by atoms with van der Waals surface area (Å²) in [7, 11) is 0. The molecule has 3 nitrogen and oxygen atoms in total. The van der Waals surface area contributed by atoms with Crippen LogP contribution in [0.5, 0.6) is 0 Å². The Kier molecular flexibility index (Phi) is 3.66. The molecule has 106 valence electrons. The Morgan fingerprint density at radius 2 is 1.89 bits per heavy atom. The molecule has 3 heteroatoms. The third-order valence-electron chi connectivity index (χ3n) is 5.05. The average Bonchev–Trinajstić information content (AvgIpc) is 3.28. The van der Waals surface area contributed by atoms with Crippen LogP contribution in [-0.2, 0) is 6.54 Å². The van der Waals surface area contributed by atoms with Crippen LogP contribution >= 0.6 is 0 Å². The van der Waals surface area contributed by atoms with Crippen LogP contribution in [0.4, 0.5) is 0 Å². The van der Waals surface area contributed by atoms with Crippen molar-refractivity contribution in [3.8, 4) is 0 Å². The van der Waals surface area contributed by atoms with E-state index in [0.717, 1.165) is 24.3 Å². The number of aromatic nitrogens is 2. The fraction of sp³-hybridized carbons (Fsp3) is 0.812. The molecule has 1 aromatic heterocycles. The Morgan fingerprint density at radius 3 is 2.37 bits per heavy atom. The van der Waals surface area contributed by atoms with Gasteiger partial charge < -0.3 is 10.3 Å². The van der Waals surface area contributed by atoms with E-state index in [4.69, 9.17) is 5.73 Å². The quantitative estimate of drug-likeness (QED) is 0.820. The molecule has 0 aromatic carbocycles. The fourth-order valence-electron chi connectivity index (χ4n) is 3.49. The van der Waals surface area contributed by atoms with E-state index in [0.29, 0.717) is 11.8 Å². The Balaban J connectivity index is 1.75. The lowest BCUT2D eigenvalue weighted by Gasteiger charge is -2.23. The molecule has 2 fully saturated rings.